The van der Waals surface area contributed by atoms with Crippen LogP contribution in [0.15, 0.2) is 24.3 Å². The van der Waals surface area contributed by atoms with E-state index >= 15 is 0 Å². The van der Waals surface area contributed by atoms with Crippen molar-refractivity contribution in [2.75, 3.05) is 21.3 Å². The van der Waals surface area contributed by atoms with E-state index in [9.17, 15) is 0 Å². The predicted molar refractivity (Wildman–Crippen MR) is 65.0 cm³/mol. The fourth-order valence-electron chi connectivity index (χ4n) is 1.02. The number of hydrogen-bond acceptors (Lipinski definition) is 3. The summed E-state index contributed by atoms with van der Waals surface area (Å²) in [6.07, 6.45) is 1.22. The molecular weight excluding hydrogens is 371 g/mol. The molecule has 1 aromatic rings. The molecule has 4 heteroatoms. The smallest absolute Gasteiger partial charge is 0.0319 e. The van der Waals surface area contributed by atoms with Crippen molar-refractivity contribution in [1.29, 1.82) is 0 Å². The molecular formula is C12H25HfO3-. The van der Waals surface area contributed by atoms with Crippen molar-refractivity contribution in [3.63, 3.8) is 0 Å². The summed E-state index contributed by atoms with van der Waals surface area (Å²) in [6.45, 7) is 4.49. The van der Waals surface area contributed by atoms with Gasteiger partial charge in [-0.2, -0.15) is 17.7 Å². The Hall–Kier alpha value is 0.100. The van der Waals surface area contributed by atoms with Crippen LogP contribution in [0, 0.1) is 5.92 Å². The second kappa shape index (κ2) is 24.4. The molecule has 0 bridgehead atoms. The summed E-state index contributed by atoms with van der Waals surface area (Å²) in [5.41, 5.74) is 1.46. The van der Waals surface area contributed by atoms with E-state index in [1.807, 2.05) is 0 Å². The SMILES string of the molecule is CC(C)C[c-]1cccc1.CO.CO.CO.[Hf]. The summed E-state index contributed by atoms with van der Waals surface area (Å²) in [7, 11) is 3.00. The monoisotopic (exact) mass is 397 g/mol. The maximum Gasteiger partial charge on any atom is 0.0319 e. The van der Waals surface area contributed by atoms with Gasteiger partial charge in [0, 0.05) is 47.2 Å². The van der Waals surface area contributed by atoms with Crippen LogP contribution >= 0.6 is 0 Å². The fraction of sp³-hybridized carbons (Fsp3) is 0.583. The van der Waals surface area contributed by atoms with Gasteiger partial charge in [-0.25, -0.2) is 12.1 Å². The van der Waals surface area contributed by atoms with E-state index in [2.05, 4.69) is 38.1 Å². The molecule has 0 radical (unpaired) electrons. The maximum absolute atomic E-state index is 7.00. The summed E-state index contributed by atoms with van der Waals surface area (Å²) in [5.74, 6) is 0.785. The molecule has 0 aromatic heterocycles. The van der Waals surface area contributed by atoms with Gasteiger partial charge in [-0.05, 0) is 0 Å². The Bertz CT molecular complexity index is 163. The zero-order valence-corrected chi connectivity index (χ0v) is 14.5. The van der Waals surface area contributed by atoms with Gasteiger partial charge in [0.15, 0.2) is 0 Å². The molecule has 0 heterocycles. The zero-order chi connectivity index (χ0) is 12.7. The van der Waals surface area contributed by atoms with Gasteiger partial charge in [-0.3, -0.25) is 0 Å². The molecule has 0 saturated heterocycles. The molecule has 96 valence electrons. The topological polar surface area (TPSA) is 60.7 Å². The van der Waals surface area contributed by atoms with E-state index < -0.39 is 0 Å². The Labute approximate surface area is 118 Å². The Balaban J connectivity index is -0.0000000900. The van der Waals surface area contributed by atoms with E-state index in [-0.39, 0.29) is 25.8 Å². The Morgan fingerprint density at radius 2 is 1.19 bits per heavy atom. The van der Waals surface area contributed by atoms with Crippen LogP contribution in [0.3, 0.4) is 0 Å². The van der Waals surface area contributed by atoms with E-state index in [0.717, 1.165) is 27.2 Å². The van der Waals surface area contributed by atoms with Gasteiger partial charge in [0.1, 0.15) is 0 Å². The first-order chi connectivity index (χ1) is 7.29. The molecule has 0 spiro atoms. The van der Waals surface area contributed by atoms with Crippen LogP contribution in [0.5, 0.6) is 0 Å². The van der Waals surface area contributed by atoms with E-state index in [1.54, 1.807) is 0 Å². The molecule has 0 atom stereocenters. The minimum Gasteiger partial charge on any atom is -0.400 e. The molecule has 16 heavy (non-hydrogen) atoms. The Kier molecular flexibility index (Phi) is 38.2. The summed E-state index contributed by atoms with van der Waals surface area (Å²) in [5, 5.41) is 21.0. The van der Waals surface area contributed by atoms with E-state index in [0.29, 0.717) is 0 Å². The average molecular weight is 396 g/mol. The molecule has 3 nitrogen and oxygen atoms in total. The first kappa shape index (κ1) is 25.1. The third-order valence-electron chi connectivity index (χ3n) is 1.38. The van der Waals surface area contributed by atoms with Crippen LogP contribution in [0.25, 0.3) is 0 Å². The van der Waals surface area contributed by atoms with Gasteiger partial charge in [-0.1, -0.05) is 26.2 Å². The maximum atomic E-state index is 7.00. The van der Waals surface area contributed by atoms with Gasteiger partial charge in [0.25, 0.3) is 0 Å². The molecule has 0 aliphatic heterocycles. The van der Waals surface area contributed by atoms with Gasteiger partial charge in [0.05, 0.1) is 0 Å². The minimum absolute atomic E-state index is 0. The second-order valence-corrected chi connectivity index (χ2v) is 2.89. The van der Waals surface area contributed by atoms with Crippen molar-refractivity contribution in [3.8, 4) is 0 Å². The van der Waals surface area contributed by atoms with Crippen LogP contribution in [0.1, 0.15) is 19.4 Å². The molecule has 0 unspecified atom stereocenters. The number of aliphatic hydroxyl groups excluding tert-OH is 3. The minimum atomic E-state index is 0. The molecule has 1 rings (SSSR count). The summed E-state index contributed by atoms with van der Waals surface area (Å²) < 4.78 is 0. The Morgan fingerprint density at radius 3 is 1.44 bits per heavy atom. The first-order valence-corrected chi connectivity index (χ1v) is 4.84. The summed E-state index contributed by atoms with van der Waals surface area (Å²) in [4.78, 5) is 0. The number of aliphatic hydroxyl groups is 3. The van der Waals surface area contributed by atoms with Crippen LogP contribution < -0.4 is 0 Å². The van der Waals surface area contributed by atoms with Gasteiger partial charge in [-0.15, -0.1) is 0 Å². The van der Waals surface area contributed by atoms with Crippen LogP contribution in [0.4, 0.5) is 0 Å². The molecule has 0 fully saturated rings. The first-order valence-electron chi connectivity index (χ1n) is 4.84. The van der Waals surface area contributed by atoms with Crippen molar-refractivity contribution in [3.05, 3.63) is 29.8 Å². The molecule has 0 saturated carbocycles. The van der Waals surface area contributed by atoms with Crippen molar-refractivity contribution in [1.82, 2.24) is 0 Å². The van der Waals surface area contributed by atoms with Crippen molar-refractivity contribution in [2.24, 2.45) is 5.92 Å². The molecule has 0 aliphatic rings. The largest absolute Gasteiger partial charge is 0.400 e. The normalized spacial score (nSPS) is 7.06. The molecule has 1 aromatic carbocycles. The summed E-state index contributed by atoms with van der Waals surface area (Å²) in [6, 6.07) is 8.55. The van der Waals surface area contributed by atoms with E-state index in [4.69, 9.17) is 15.3 Å². The summed E-state index contributed by atoms with van der Waals surface area (Å²) >= 11 is 0. The van der Waals surface area contributed by atoms with Crippen LogP contribution in [0.2, 0.25) is 0 Å². The van der Waals surface area contributed by atoms with Crippen LogP contribution in [-0.4, -0.2) is 36.6 Å². The number of rotatable bonds is 2. The second-order valence-electron chi connectivity index (χ2n) is 2.89. The number of hydrogen-bond donors (Lipinski definition) is 3. The van der Waals surface area contributed by atoms with Crippen molar-refractivity contribution < 1.29 is 41.2 Å². The molecule has 0 amide bonds. The zero-order valence-electron chi connectivity index (χ0n) is 10.9. The standard InChI is InChI=1S/C9H13.3CH4O.Hf/c1-8(2)7-9-5-3-4-6-9;3*1-2;/h3-6,8H,7H2,1-2H3;3*2H,1H3;/q-1;;;;. The van der Waals surface area contributed by atoms with Crippen molar-refractivity contribution >= 4 is 0 Å². The predicted octanol–water partition coefficient (Wildman–Crippen LogP) is 1.43. The third-order valence-corrected chi connectivity index (χ3v) is 1.38. The van der Waals surface area contributed by atoms with E-state index in [1.165, 1.54) is 12.0 Å². The van der Waals surface area contributed by atoms with Crippen molar-refractivity contribution in [2.45, 2.75) is 20.3 Å². The Morgan fingerprint density at radius 1 is 0.875 bits per heavy atom. The van der Waals surface area contributed by atoms with Gasteiger partial charge in [0.2, 0.25) is 0 Å². The molecule has 0 aliphatic carbocycles. The average Bonchev–Trinajstić information content (AvgIpc) is 2.78. The molecule has 3 N–H and O–H groups in total. The van der Waals surface area contributed by atoms with Gasteiger partial charge < -0.3 is 15.3 Å². The quantitative estimate of drug-likeness (QED) is 0.524. The van der Waals surface area contributed by atoms with Crippen LogP contribution in [-0.2, 0) is 32.3 Å². The third kappa shape index (κ3) is 19.6. The fourth-order valence-corrected chi connectivity index (χ4v) is 1.02. The van der Waals surface area contributed by atoms with Gasteiger partial charge >= 0.3 is 0 Å².